The predicted molar refractivity (Wildman–Crippen MR) is 73.7 cm³/mol. The number of nitro benzene ring substituents is 1. The molecule has 0 aliphatic rings. The molecule has 0 aliphatic carbocycles. The smallest absolute Gasteiger partial charge is 0.275 e. The predicted octanol–water partition coefficient (Wildman–Crippen LogP) is 2.57. The first-order valence-electron chi connectivity index (χ1n) is 6.36. The third kappa shape index (κ3) is 5.13. The zero-order valence-corrected chi connectivity index (χ0v) is 11.3. The van der Waals surface area contributed by atoms with E-state index in [9.17, 15) is 10.1 Å². The lowest BCUT2D eigenvalue weighted by Gasteiger charge is -2.15. The molecular weight excluding hydrogens is 248 g/mol. The van der Waals surface area contributed by atoms with Crippen molar-refractivity contribution < 1.29 is 14.8 Å². The lowest BCUT2D eigenvalue weighted by molar-refractivity contribution is -0.384. The quantitative estimate of drug-likeness (QED) is 0.559. The van der Waals surface area contributed by atoms with Gasteiger partial charge in [0.2, 0.25) is 0 Å². The molecule has 0 spiro atoms. The van der Waals surface area contributed by atoms with Gasteiger partial charge in [-0.1, -0.05) is 6.92 Å². The van der Waals surface area contributed by atoms with Crippen molar-refractivity contribution in [2.75, 3.05) is 18.5 Å². The maximum absolute atomic E-state index is 10.9. The molecular formula is C13H20N2O4. The summed E-state index contributed by atoms with van der Waals surface area (Å²) in [6.45, 7) is 4.47. The van der Waals surface area contributed by atoms with Gasteiger partial charge in [-0.3, -0.25) is 10.1 Å². The number of rotatable bonds is 8. The number of hydrogen-bond donors (Lipinski definition) is 2. The van der Waals surface area contributed by atoms with Crippen molar-refractivity contribution in [1.82, 2.24) is 0 Å². The summed E-state index contributed by atoms with van der Waals surface area (Å²) in [6.07, 6.45) is 1.42. The van der Waals surface area contributed by atoms with Gasteiger partial charge >= 0.3 is 0 Å². The summed E-state index contributed by atoms with van der Waals surface area (Å²) in [5, 5.41) is 22.8. The Labute approximate surface area is 112 Å². The molecule has 2 N–H and O–H groups in total. The number of hydrogen-bond acceptors (Lipinski definition) is 5. The second-order valence-electron chi connectivity index (χ2n) is 4.38. The number of non-ortho nitro benzene ring substituents is 1. The summed E-state index contributed by atoms with van der Waals surface area (Å²) >= 11 is 0. The molecule has 1 aromatic carbocycles. The van der Waals surface area contributed by atoms with Crippen LogP contribution < -0.4 is 10.1 Å². The van der Waals surface area contributed by atoms with Crippen molar-refractivity contribution in [2.24, 2.45) is 0 Å². The van der Waals surface area contributed by atoms with Crippen LogP contribution in [0.15, 0.2) is 18.2 Å². The highest BCUT2D eigenvalue weighted by molar-refractivity contribution is 5.56. The van der Waals surface area contributed by atoms with E-state index >= 15 is 0 Å². The number of nitrogens with one attached hydrogen (secondary N) is 1. The van der Waals surface area contributed by atoms with Crippen molar-refractivity contribution in [3.8, 4) is 5.75 Å². The summed E-state index contributed by atoms with van der Waals surface area (Å²) in [7, 11) is 0. The average molecular weight is 268 g/mol. The summed E-state index contributed by atoms with van der Waals surface area (Å²) in [6, 6.07) is 4.65. The van der Waals surface area contributed by atoms with E-state index in [1.165, 1.54) is 12.1 Å². The second-order valence-corrected chi connectivity index (χ2v) is 4.38. The lowest BCUT2D eigenvalue weighted by Crippen LogP contribution is -2.16. The van der Waals surface area contributed by atoms with E-state index in [1.54, 1.807) is 6.07 Å². The fourth-order valence-corrected chi connectivity index (χ4v) is 1.63. The van der Waals surface area contributed by atoms with Crippen molar-refractivity contribution in [3.05, 3.63) is 28.3 Å². The molecule has 0 saturated heterocycles. The van der Waals surface area contributed by atoms with Gasteiger partial charge in [0.1, 0.15) is 5.75 Å². The van der Waals surface area contributed by atoms with Gasteiger partial charge in [0.05, 0.1) is 17.6 Å². The van der Waals surface area contributed by atoms with Gasteiger partial charge in [-0.05, 0) is 19.8 Å². The van der Waals surface area contributed by atoms with Gasteiger partial charge in [-0.2, -0.15) is 0 Å². The van der Waals surface area contributed by atoms with Crippen LogP contribution in [0.5, 0.6) is 5.75 Å². The van der Waals surface area contributed by atoms with Gasteiger partial charge in [-0.25, -0.2) is 0 Å². The Morgan fingerprint density at radius 1 is 1.47 bits per heavy atom. The number of aliphatic hydroxyl groups is 1. The molecule has 6 nitrogen and oxygen atoms in total. The third-order valence-electron chi connectivity index (χ3n) is 2.55. The molecule has 0 aromatic heterocycles. The fourth-order valence-electron chi connectivity index (χ4n) is 1.63. The van der Waals surface area contributed by atoms with E-state index in [2.05, 4.69) is 5.32 Å². The Hall–Kier alpha value is -1.82. The molecule has 19 heavy (non-hydrogen) atoms. The Morgan fingerprint density at radius 3 is 2.79 bits per heavy atom. The highest BCUT2D eigenvalue weighted by atomic mass is 16.6. The highest BCUT2D eigenvalue weighted by Gasteiger charge is 2.12. The maximum Gasteiger partial charge on any atom is 0.275 e. The molecule has 0 bridgehead atoms. The average Bonchev–Trinajstić information content (AvgIpc) is 2.36. The van der Waals surface area contributed by atoms with Crippen molar-refractivity contribution in [2.45, 2.75) is 32.7 Å². The number of ether oxygens (including phenoxy) is 1. The molecule has 0 fully saturated rings. The molecule has 1 atom stereocenters. The van der Waals surface area contributed by atoms with Gasteiger partial charge in [0.15, 0.2) is 0 Å². The molecule has 6 heteroatoms. The normalized spacial score (nSPS) is 11.9. The minimum Gasteiger partial charge on any atom is -0.493 e. The van der Waals surface area contributed by atoms with Crippen LogP contribution in [0.25, 0.3) is 0 Å². The molecule has 0 heterocycles. The molecule has 1 unspecified atom stereocenters. The van der Waals surface area contributed by atoms with Crippen LogP contribution in [-0.2, 0) is 0 Å². The van der Waals surface area contributed by atoms with Crippen LogP contribution in [0.3, 0.4) is 0 Å². The van der Waals surface area contributed by atoms with Crippen molar-refractivity contribution in [3.63, 3.8) is 0 Å². The fraction of sp³-hybridized carbons (Fsp3) is 0.538. The number of nitro groups is 1. The van der Waals surface area contributed by atoms with Gasteiger partial charge in [0.25, 0.3) is 5.69 Å². The van der Waals surface area contributed by atoms with Crippen LogP contribution >= 0.6 is 0 Å². The molecule has 1 aromatic rings. The first-order valence-corrected chi connectivity index (χ1v) is 6.36. The second kappa shape index (κ2) is 7.58. The molecule has 0 amide bonds. The lowest BCUT2D eigenvalue weighted by atomic mass is 10.2. The molecule has 0 radical (unpaired) electrons. The third-order valence-corrected chi connectivity index (χ3v) is 2.55. The van der Waals surface area contributed by atoms with Crippen LogP contribution in [0.4, 0.5) is 11.4 Å². The molecule has 106 valence electrons. The molecule has 0 saturated carbocycles. The summed E-state index contributed by atoms with van der Waals surface area (Å²) in [5.41, 5.74) is 0.619. The molecule has 0 aliphatic heterocycles. The number of aliphatic hydroxyl groups excluding tert-OH is 1. The Kier molecular flexibility index (Phi) is 6.08. The monoisotopic (exact) mass is 268 g/mol. The van der Waals surface area contributed by atoms with Crippen LogP contribution in [0, 0.1) is 10.1 Å². The summed E-state index contributed by atoms with van der Waals surface area (Å²) < 4.78 is 5.43. The number of benzene rings is 1. The SMILES string of the molecule is CCCOc1cc(NC(C)CCO)cc([N+](=O)[O-])c1. The van der Waals surface area contributed by atoms with Crippen molar-refractivity contribution in [1.29, 1.82) is 0 Å². The standard InChI is InChI=1S/C13H20N2O4/c1-3-6-19-13-8-11(14-10(2)4-5-16)7-12(9-13)15(17)18/h7-10,14,16H,3-6H2,1-2H3. The van der Waals surface area contributed by atoms with Crippen LogP contribution in [0.1, 0.15) is 26.7 Å². The number of nitrogens with zero attached hydrogens (tertiary/aromatic N) is 1. The Morgan fingerprint density at radius 2 is 2.21 bits per heavy atom. The minimum absolute atomic E-state index is 0.00713. The maximum atomic E-state index is 10.9. The van der Waals surface area contributed by atoms with E-state index in [4.69, 9.17) is 9.84 Å². The van der Waals surface area contributed by atoms with Crippen LogP contribution in [-0.4, -0.2) is 29.3 Å². The summed E-state index contributed by atoms with van der Waals surface area (Å²) in [5.74, 6) is 0.481. The van der Waals surface area contributed by atoms with E-state index in [0.29, 0.717) is 24.5 Å². The zero-order valence-electron chi connectivity index (χ0n) is 11.3. The van der Waals surface area contributed by atoms with Crippen molar-refractivity contribution >= 4 is 11.4 Å². The van der Waals surface area contributed by atoms with Gasteiger partial charge in [0, 0.05) is 30.5 Å². The topological polar surface area (TPSA) is 84.6 Å². The van der Waals surface area contributed by atoms with Gasteiger partial charge in [-0.15, -0.1) is 0 Å². The minimum atomic E-state index is -0.444. The highest BCUT2D eigenvalue weighted by Crippen LogP contribution is 2.26. The zero-order chi connectivity index (χ0) is 14.3. The van der Waals surface area contributed by atoms with E-state index in [0.717, 1.165) is 6.42 Å². The van der Waals surface area contributed by atoms with E-state index in [1.807, 2.05) is 13.8 Å². The van der Waals surface area contributed by atoms with Crippen LogP contribution in [0.2, 0.25) is 0 Å². The summed E-state index contributed by atoms with van der Waals surface area (Å²) in [4.78, 5) is 10.4. The first kappa shape index (κ1) is 15.2. The Bertz CT molecular complexity index is 423. The van der Waals surface area contributed by atoms with Gasteiger partial charge < -0.3 is 15.2 Å². The number of anilines is 1. The Balaban J connectivity index is 2.89. The first-order chi connectivity index (χ1) is 9.06. The largest absolute Gasteiger partial charge is 0.493 e. The van der Waals surface area contributed by atoms with E-state index in [-0.39, 0.29) is 18.3 Å². The van der Waals surface area contributed by atoms with E-state index < -0.39 is 4.92 Å². The molecule has 1 rings (SSSR count).